The summed E-state index contributed by atoms with van der Waals surface area (Å²) in [6.07, 6.45) is 3.78. The van der Waals surface area contributed by atoms with Crippen LogP contribution in [0.3, 0.4) is 0 Å². The molecule has 3 heterocycles. The fraction of sp³-hybridized carbons (Fsp3) is 0. The SMILES string of the molecule is O=[N+]([O-])c1csc(-c2ccsc2-c2cccs2)c1C=Cc1ccccc1. The van der Waals surface area contributed by atoms with E-state index in [1.165, 1.54) is 16.2 Å². The molecule has 0 N–H and O–H groups in total. The monoisotopic (exact) mass is 395 g/mol. The predicted octanol–water partition coefficient (Wildman–Crippen LogP) is 7.28. The predicted molar refractivity (Wildman–Crippen MR) is 113 cm³/mol. The van der Waals surface area contributed by atoms with Gasteiger partial charge < -0.3 is 0 Å². The summed E-state index contributed by atoms with van der Waals surface area (Å²) in [7, 11) is 0. The van der Waals surface area contributed by atoms with E-state index in [1.54, 1.807) is 28.1 Å². The van der Waals surface area contributed by atoms with Crippen molar-refractivity contribution in [3.05, 3.63) is 85.9 Å². The quantitative estimate of drug-likeness (QED) is 0.263. The molecule has 0 spiro atoms. The molecule has 0 fully saturated rings. The van der Waals surface area contributed by atoms with Gasteiger partial charge in [0.15, 0.2) is 0 Å². The molecule has 128 valence electrons. The van der Waals surface area contributed by atoms with Crippen LogP contribution in [0.2, 0.25) is 0 Å². The van der Waals surface area contributed by atoms with Crippen LogP contribution in [0.15, 0.2) is 64.7 Å². The molecule has 0 bridgehead atoms. The number of benzene rings is 1. The standard InChI is InChI=1S/C20H13NO2S3/c22-21(23)17-13-26-19(15(17)9-8-14-5-2-1-3-6-14)16-10-12-25-20(16)18-7-4-11-24-18/h1-13H. The Morgan fingerprint density at radius 3 is 2.42 bits per heavy atom. The topological polar surface area (TPSA) is 43.1 Å². The van der Waals surface area contributed by atoms with Crippen molar-refractivity contribution in [2.24, 2.45) is 0 Å². The molecule has 3 aromatic heterocycles. The van der Waals surface area contributed by atoms with Crippen LogP contribution < -0.4 is 0 Å². The second kappa shape index (κ2) is 7.37. The van der Waals surface area contributed by atoms with Gasteiger partial charge in [0.25, 0.3) is 5.69 Å². The maximum Gasteiger partial charge on any atom is 0.287 e. The molecule has 0 aliphatic rings. The summed E-state index contributed by atoms with van der Waals surface area (Å²) < 4.78 is 0. The summed E-state index contributed by atoms with van der Waals surface area (Å²) in [6.45, 7) is 0. The van der Waals surface area contributed by atoms with Crippen LogP contribution in [0.25, 0.3) is 32.3 Å². The highest BCUT2D eigenvalue weighted by molar-refractivity contribution is 7.21. The van der Waals surface area contributed by atoms with Crippen molar-refractivity contribution in [2.45, 2.75) is 0 Å². The van der Waals surface area contributed by atoms with Crippen molar-refractivity contribution in [3.8, 4) is 20.2 Å². The van der Waals surface area contributed by atoms with Crippen molar-refractivity contribution in [3.63, 3.8) is 0 Å². The van der Waals surface area contributed by atoms with E-state index in [2.05, 4.69) is 12.1 Å². The minimum Gasteiger partial charge on any atom is -0.258 e. The first kappa shape index (κ1) is 16.9. The van der Waals surface area contributed by atoms with Crippen LogP contribution in [0, 0.1) is 10.1 Å². The lowest BCUT2D eigenvalue weighted by molar-refractivity contribution is -0.384. The molecule has 0 aliphatic heterocycles. The van der Waals surface area contributed by atoms with Gasteiger partial charge in [-0.25, -0.2) is 0 Å². The first-order chi connectivity index (χ1) is 12.7. The van der Waals surface area contributed by atoms with Gasteiger partial charge in [-0.1, -0.05) is 42.5 Å². The van der Waals surface area contributed by atoms with Gasteiger partial charge in [-0.2, -0.15) is 0 Å². The summed E-state index contributed by atoms with van der Waals surface area (Å²) in [5, 5.41) is 17.2. The van der Waals surface area contributed by atoms with Gasteiger partial charge in [-0.15, -0.1) is 34.0 Å². The van der Waals surface area contributed by atoms with Gasteiger partial charge >= 0.3 is 0 Å². The minimum absolute atomic E-state index is 0.153. The largest absolute Gasteiger partial charge is 0.287 e. The molecule has 0 saturated carbocycles. The third-order valence-corrected chi connectivity index (χ3v) is 6.88. The average molecular weight is 396 g/mol. The molecule has 4 aromatic rings. The molecule has 0 aliphatic carbocycles. The van der Waals surface area contributed by atoms with E-state index >= 15 is 0 Å². The Morgan fingerprint density at radius 2 is 1.69 bits per heavy atom. The van der Waals surface area contributed by atoms with Gasteiger partial charge in [0.1, 0.15) is 0 Å². The van der Waals surface area contributed by atoms with E-state index in [9.17, 15) is 10.1 Å². The van der Waals surface area contributed by atoms with Crippen LogP contribution in [-0.2, 0) is 0 Å². The molecule has 1 aromatic carbocycles. The van der Waals surface area contributed by atoms with Crippen LogP contribution >= 0.6 is 34.0 Å². The van der Waals surface area contributed by atoms with Gasteiger partial charge in [-0.05, 0) is 34.5 Å². The van der Waals surface area contributed by atoms with E-state index in [0.717, 1.165) is 20.9 Å². The average Bonchev–Trinajstić information content (AvgIpc) is 3.39. The van der Waals surface area contributed by atoms with Gasteiger partial charge in [0.05, 0.1) is 25.6 Å². The van der Waals surface area contributed by atoms with E-state index in [4.69, 9.17) is 0 Å². The smallest absolute Gasteiger partial charge is 0.258 e. The maximum absolute atomic E-state index is 11.5. The molecule has 4 rings (SSSR count). The number of rotatable bonds is 5. The number of nitro groups is 1. The third-order valence-electron chi connectivity index (χ3n) is 3.90. The summed E-state index contributed by atoms with van der Waals surface area (Å²) in [4.78, 5) is 14.5. The lowest BCUT2D eigenvalue weighted by Crippen LogP contribution is -1.88. The number of hydrogen-bond acceptors (Lipinski definition) is 5. The Labute approximate surface area is 162 Å². The summed E-state index contributed by atoms with van der Waals surface area (Å²) in [5.74, 6) is 0. The highest BCUT2D eigenvalue weighted by Gasteiger charge is 2.22. The highest BCUT2D eigenvalue weighted by Crippen LogP contribution is 2.45. The molecule has 26 heavy (non-hydrogen) atoms. The Hall–Kier alpha value is -2.54. The molecule has 3 nitrogen and oxygen atoms in total. The molecule has 0 amide bonds. The van der Waals surface area contributed by atoms with E-state index < -0.39 is 0 Å². The van der Waals surface area contributed by atoms with Crippen molar-refractivity contribution in [1.29, 1.82) is 0 Å². The molecule has 0 radical (unpaired) electrons. The maximum atomic E-state index is 11.5. The number of nitrogens with zero attached hydrogens (tertiary/aromatic N) is 1. The van der Waals surface area contributed by atoms with E-state index in [1.807, 2.05) is 59.3 Å². The minimum atomic E-state index is -0.304. The lowest BCUT2D eigenvalue weighted by atomic mass is 10.1. The van der Waals surface area contributed by atoms with E-state index in [0.29, 0.717) is 5.56 Å². The zero-order valence-electron chi connectivity index (χ0n) is 13.5. The van der Waals surface area contributed by atoms with Crippen molar-refractivity contribution < 1.29 is 4.92 Å². The zero-order chi connectivity index (χ0) is 17.9. The second-order valence-corrected chi connectivity index (χ2v) is 8.25. The molecule has 0 atom stereocenters. The summed E-state index contributed by atoms with van der Waals surface area (Å²) >= 11 is 4.78. The highest BCUT2D eigenvalue weighted by atomic mass is 32.1. The fourth-order valence-corrected chi connectivity index (χ4v) is 5.59. The van der Waals surface area contributed by atoms with Crippen molar-refractivity contribution >= 4 is 51.8 Å². The van der Waals surface area contributed by atoms with Crippen LogP contribution in [0.1, 0.15) is 11.1 Å². The van der Waals surface area contributed by atoms with Crippen molar-refractivity contribution in [2.75, 3.05) is 0 Å². The summed E-state index contributed by atoms with van der Waals surface area (Å²) in [5.41, 5.74) is 2.89. The first-order valence-electron chi connectivity index (χ1n) is 7.85. The van der Waals surface area contributed by atoms with Gasteiger partial charge in [-0.3, -0.25) is 10.1 Å². The van der Waals surface area contributed by atoms with Crippen LogP contribution in [-0.4, -0.2) is 4.92 Å². The Balaban J connectivity index is 1.82. The number of thiophene rings is 3. The Kier molecular flexibility index (Phi) is 4.79. The molecular formula is C20H13NO2S3. The second-order valence-electron chi connectivity index (χ2n) is 5.51. The van der Waals surface area contributed by atoms with Crippen molar-refractivity contribution in [1.82, 2.24) is 0 Å². The molecule has 6 heteroatoms. The number of hydrogen-bond donors (Lipinski definition) is 0. The zero-order valence-corrected chi connectivity index (χ0v) is 15.9. The molecule has 0 unspecified atom stereocenters. The van der Waals surface area contributed by atoms with Crippen LogP contribution in [0.4, 0.5) is 5.69 Å². The third kappa shape index (κ3) is 3.26. The Bertz CT molecular complexity index is 1060. The van der Waals surface area contributed by atoms with E-state index in [-0.39, 0.29) is 10.6 Å². The summed E-state index contributed by atoms with van der Waals surface area (Å²) in [6, 6.07) is 16.0. The van der Waals surface area contributed by atoms with Crippen LogP contribution in [0.5, 0.6) is 0 Å². The Morgan fingerprint density at radius 1 is 0.846 bits per heavy atom. The lowest BCUT2D eigenvalue weighted by Gasteiger charge is -2.02. The molecular weight excluding hydrogens is 382 g/mol. The molecule has 0 saturated heterocycles. The normalized spacial score (nSPS) is 11.2. The van der Waals surface area contributed by atoms with Gasteiger partial charge in [0, 0.05) is 10.4 Å². The van der Waals surface area contributed by atoms with Gasteiger partial charge in [0.2, 0.25) is 0 Å². The first-order valence-corrected chi connectivity index (χ1v) is 10.5. The fourth-order valence-electron chi connectivity index (χ4n) is 2.70.